The van der Waals surface area contributed by atoms with Crippen molar-refractivity contribution in [2.45, 2.75) is 51.6 Å². The van der Waals surface area contributed by atoms with Gasteiger partial charge in [-0.2, -0.15) is 8.42 Å². The molecule has 1 amide bonds. The summed E-state index contributed by atoms with van der Waals surface area (Å²) < 4.78 is 35.4. The normalized spacial score (nSPS) is 21.8. The third kappa shape index (κ3) is 6.66. The highest BCUT2D eigenvalue weighted by atomic mass is 32.2. The molecule has 140 valence electrons. The molecule has 1 saturated heterocycles. The number of hydrogen-bond acceptors (Lipinski definition) is 5. The number of ether oxygens (including phenoxy) is 1. The minimum Gasteiger partial charge on any atom is -0.444 e. The Morgan fingerprint density at radius 3 is 2.44 bits per heavy atom. The SMILES string of the molecule is CC1CC(OS(=O)(=O)Cc2ccccc2)CN(C(=O)OC(C)(C)C)C1. The number of benzene rings is 1. The first-order chi connectivity index (χ1) is 11.5. The van der Waals surface area contributed by atoms with E-state index in [0.29, 0.717) is 18.5 Å². The quantitative estimate of drug-likeness (QED) is 0.762. The molecule has 2 rings (SSSR count). The summed E-state index contributed by atoms with van der Waals surface area (Å²) in [7, 11) is -3.72. The highest BCUT2D eigenvalue weighted by molar-refractivity contribution is 7.85. The molecule has 1 aromatic rings. The van der Waals surface area contributed by atoms with E-state index < -0.39 is 27.9 Å². The van der Waals surface area contributed by atoms with E-state index in [1.165, 1.54) is 4.90 Å². The van der Waals surface area contributed by atoms with E-state index in [9.17, 15) is 13.2 Å². The number of carbonyl (C=O) groups is 1. The molecule has 0 saturated carbocycles. The standard InChI is InChI=1S/C18H27NO5S/c1-14-10-16(12-19(11-14)17(20)23-18(2,3)4)24-25(21,22)13-15-8-6-5-7-9-15/h5-9,14,16H,10-13H2,1-4H3. The van der Waals surface area contributed by atoms with Gasteiger partial charge in [0, 0.05) is 6.54 Å². The molecule has 1 aliphatic rings. The number of hydrogen-bond donors (Lipinski definition) is 0. The van der Waals surface area contributed by atoms with Gasteiger partial charge in [0.05, 0.1) is 12.6 Å². The lowest BCUT2D eigenvalue weighted by molar-refractivity contribution is 0.000284. The van der Waals surface area contributed by atoms with Crippen LogP contribution in [0.15, 0.2) is 30.3 Å². The Morgan fingerprint density at radius 1 is 1.20 bits per heavy atom. The molecule has 1 aliphatic heterocycles. The fraction of sp³-hybridized carbons (Fsp3) is 0.611. The maximum absolute atomic E-state index is 12.3. The van der Waals surface area contributed by atoms with Gasteiger partial charge in [-0.05, 0) is 38.7 Å². The van der Waals surface area contributed by atoms with Crippen LogP contribution in [-0.2, 0) is 24.8 Å². The molecule has 1 heterocycles. The second-order valence-corrected chi connectivity index (χ2v) is 9.23. The number of amides is 1. The van der Waals surface area contributed by atoms with Gasteiger partial charge in [-0.3, -0.25) is 4.18 Å². The first kappa shape index (κ1) is 19.7. The molecule has 7 heteroatoms. The van der Waals surface area contributed by atoms with Crippen molar-refractivity contribution in [2.75, 3.05) is 13.1 Å². The summed E-state index contributed by atoms with van der Waals surface area (Å²) in [5.74, 6) is -0.0382. The van der Waals surface area contributed by atoms with Crippen molar-refractivity contribution >= 4 is 16.2 Å². The fourth-order valence-corrected chi connectivity index (χ4v) is 4.08. The minimum atomic E-state index is -3.72. The van der Waals surface area contributed by atoms with E-state index in [4.69, 9.17) is 8.92 Å². The van der Waals surface area contributed by atoms with Crippen LogP contribution in [0.4, 0.5) is 4.79 Å². The predicted octanol–water partition coefficient (Wildman–Crippen LogP) is 3.18. The molecule has 6 nitrogen and oxygen atoms in total. The van der Waals surface area contributed by atoms with Gasteiger partial charge >= 0.3 is 6.09 Å². The average Bonchev–Trinajstić information content (AvgIpc) is 2.44. The highest BCUT2D eigenvalue weighted by Crippen LogP contribution is 2.23. The Hall–Kier alpha value is -1.60. The summed E-state index contributed by atoms with van der Waals surface area (Å²) >= 11 is 0. The molecule has 2 atom stereocenters. The van der Waals surface area contributed by atoms with Crippen molar-refractivity contribution in [3.63, 3.8) is 0 Å². The molecule has 25 heavy (non-hydrogen) atoms. The zero-order valence-corrected chi connectivity index (χ0v) is 16.1. The second kappa shape index (κ2) is 7.74. The van der Waals surface area contributed by atoms with Crippen LogP contribution in [0.1, 0.15) is 39.7 Å². The Labute approximate surface area is 150 Å². The zero-order chi connectivity index (χ0) is 18.7. The van der Waals surface area contributed by atoms with Crippen LogP contribution in [0.5, 0.6) is 0 Å². The third-order valence-electron chi connectivity index (χ3n) is 3.74. The van der Waals surface area contributed by atoms with E-state index >= 15 is 0 Å². The fourth-order valence-electron chi connectivity index (χ4n) is 2.86. The maximum Gasteiger partial charge on any atom is 0.410 e. The minimum absolute atomic E-state index is 0.137. The second-order valence-electron chi connectivity index (χ2n) is 7.63. The Kier molecular flexibility index (Phi) is 6.11. The monoisotopic (exact) mass is 369 g/mol. The average molecular weight is 369 g/mol. The molecule has 0 aliphatic carbocycles. The summed E-state index contributed by atoms with van der Waals surface area (Å²) in [6, 6.07) is 8.91. The first-order valence-electron chi connectivity index (χ1n) is 8.47. The van der Waals surface area contributed by atoms with Crippen LogP contribution in [0.3, 0.4) is 0 Å². The molecule has 0 radical (unpaired) electrons. The summed E-state index contributed by atoms with van der Waals surface area (Å²) in [5.41, 5.74) is 0.0865. The van der Waals surface area contributed by atoms with Gasteiger partial charge in [-0.25, -0.2) is 4.79 Å². The Bertz CT molecular complexity index is 681. The van der Waals surface area contributed by atoms with Gasteiger partial charge in [0.1, 0.15) is 11.4 Å². The van der Waals surface area contributed by atoms with Gasteiger partial charge in [0.15, 0.2) is 0 Å². The van der Waals surface area contributed by atoms with Crippen LogP contribution < -0.4 is 0 Å². The maximum atomic E-state index is 12.3. The van der Waals surface area contributed by atoms with E-state index in [-0.39, 0.29) is 18.2 Å². The Morgan fingerprint density at radius 2 is 1.84 bits per heavy atom. The van der Waals surface area contributed by atoms with Gasteiger partial charge in [0.25, 0.3) is 10.1 Å². The van der Waals surface area contributed by atoms with E-state index in [0.717, 1.165) is 0 Å². The van der Waals surface area contributed by atoms with Crippen LogP contribution in [0.25, 0.3) is 0 Å². The number of likely N-dealkylation sites (tertiary alicyclic amines) is 1. The molecule has 0 spiro atoms. The number of rotatable bonds is 4. The third-order valence-corrected chi connectivity index (χ3v) is 4.99. The molecule has 2 unspecified atom stereocenters. The van der Waals surface area contributed by atoms with Gasteiger partial charge in [-0.15, -0.1) is 0 Å². The van der Waals surface area contributed by atoms with Crippen molar-refractivity contribution in [2.24, 2.45) is 5.92 Å². The lowest BCUT2D eigenvalue weighted by Gasteiger charge is -2.36. The lowest BCUT2D eigenvalue weighted by Crippen LogP contribution is -2.48. The molecule has 0 aromatic heterocycles. The molecule has 1 fully saturated rings. The van der Waals surface area contributed by atoms with Gasteiger partial charge in [-0.1, -0.05) is 37.3 Å². The van der Waals surface area contributed by atoms with Gasteiger partial charge < -0.3 is 9.64 Å². The zero-order valence-electron chi connectivity index (χ0n) is 15.3. The molecule has 0 N–H and O–H groups in total. The number of nitrogens with zero attached hydrogens (tertiary/aromatic N) is 1. The molecule has 1 aromatic carbocycles. The summed E-state index contributed by atoms with van der Waals surface area (Å²) in [5, 5.41) is 0. The van der Waals surface area contributed by atoms with Crippen molar-refractivity contribution in [1.82, 2.24) is 4.90 Å². The largest absolute Gasteiger partial charge is 0.444 e. The van der Waals surface area contributed by atoms with Crippen molar-refractivity contribution in [3.05, 3.63) is 35.9 Å². The topological polar surface area (TPSA) is 72.9 Å². The number of carbonyl (C=O) groups excluding carboxylic acids is 1. The van der Waals surface area contributed by atoms with Gasteiger partial charge in [0.2, 0.25) is 0 Å². The smallest absolute Gasteiger partial charge is 0.410 e. The van der Waals surface area contributed by atoms with Crippen molar-refractivity contribution in [3.8, 4) is 0 Å². The highest BCUT2D eigenvalue weighted by Gasteiger charge is 2.33. The van der Waals surface area contributed by atoms with Crippen LogP contribution in [0, 0.1) is 5.92 Å². The summed E-state index contributed by atoms with van der Waals surface area (Å²) in [4.78, 5) is 13.8. The number of piperidine rings is 1. The van der Waals surface area contributed by atoms with E-state index in [1.54, 1.807) is 45.0 Å². The molecule has 0 bridgehead atoms. The van der Waals surface area contributed by atoms with Crippen molar-refractivity contribution < 1.29 is 22.1 Å². The van der Waals surface area contributed by atoms with E-state index in [1.807, 2.05) is 13.0 Å². The Balaban J connectivity index is 2.00. The van der Waals surface area contributed by atoms with Crippen LogP contribution in [0.2, 0.25) is 0 Å². The first-order valence-corrected chi connectivity index (χ1v) is 10.0. The van der Waals surface area contributed by atoms with E-state index in [2.05, 4.69) is 0 Å². The molecular weight excluding hydrogens is 342 g/mol. The summed E-state index contributed by atoms with van der Waals surface area (Å²) in [6.45, 7) is 8.13. The predicted molar refractivity (Wildman–Crippen MR) is 95.5 cm³/mol. The molecular formula is C18H27NO5S. The lowest BCUT2D eigenvalue weighted by atomic mass is 9.98. The van der Waals surface area contributed by atoms with Crippen molar-refractivity contribution in [1.29, 1.82) is 0 Å². The van der Waals surface area contributed by atoms with Crippen LogP contribution >= 0.6 is 0 Å². The summed E-state index contributed by atoms with van der Waals surface area (Å²) in [6.07, 6.45) is -0.397. The van der Waals surface area contributed by atoms with Crippen LogP contribution in [-0.4, -0.2) is 44.2 Å².